The molecule has 25 heavy (non-hydrogen) atoms. The molecule has 0 spiro atoms. The van der Waals surface area contributed by atoms with Crippen molar-refractivity contribution < 1.29 is 19.0 Å². The monoisotopic (exact) mass is 348 g/mol. The van der Waals surface area contributed by atoms with Crippen molar-refractivity contribution in [3.05, 3.63) is 53.1 Å². The van der Waals surface area contributed by atoms with Crippen molar-refractivity contribution in [2.75, 3.05) is 19.7 Å². The van der Waals surface area contributed by atoms with Crippen molar-refractivity contribution in [2.45, 2.75) is 19.3 Å². The molecule has 3 rings (SSSR count). The molecule has 8 heteroatoms. The maximum Gasteiger partial charge on any atom is 0.317 e. The van der Waals surface area contributed by atoms with E-state index in [9.17, 15) is 9.18 Å². The van der Waals surface area contributed by atoms with Crippen LogP contribution in [0, 0.1) is 5.82 Å². The molecule has 1 aromatic heterocycles. The van der Waals surface area contributed by atoms with E-state index in [4.69, 9.17) is 9.84 Å². The Morgan fingerprint density at radius 1 is 1.52 bits per heavy atom. The number of aryl methyl sites for hydroxylation is 1. The maximum absolute atomic E-state index is 13.7. The number of nitrogens with zero attached hydrogens (tertiary/aromatic N) is 3. The van der Waals surface area contributed by atoms with Crippen molar-refractivity contribution in [3.8, 4) is 0 Å². The first kappa shape index (κ1) is 17.4. The lowest BCUT2D eigenvalue weighted by atomic mass is 10.1. The standard InChI is InChI=1S/C17H21FN4O3/c1-21-9-14(8-20-21)16-10-22(4-5-25-16)17(24)19-7-12-2-3-13(11-23)15(18)6-12/h2-3,6,8-9,16,23H,4-5,7,10-11H2,1H3,(H,19,24). The number of aromatic nitrogens is 2. The van der Waals surface area contributed by atoms with Gasteiger partial charge < -0.3 is 20.1 Å². The molecule has 0 saturated carbocycles. The second-order valence-corrected chi connectivity index (χ2v) is 6.00. The molecule has 2 aromatic rings. The van der Waals surface area contributed by atoms with Gasteiger partial charge in [0.05, 0.1) is 26.0 Å². The molecular weight excluding hydrogens is 327 g/mol. The number of hydrogen-bond donors (Lipinski definition) is 2. The van der Waals surface area contributed by atoms with Gasteiger partial charge in [-0.25, -0.2) is 9.18 Å². The van der Waals surface area contributed by atoms with Gasteiger partial charge in [-0.3, -0.25) is 4.68 Å². The third kappa shape index (κ3) is 4.15. The summed E-state index contributed by atoms with van der Waals surface area (Å²) in [5, 5.41) is 15.9. The number of nitrogens with one attached hydrogen (secondary N) is 1. The second-order valence-electron chi connectivity index (χ2n) is 6.00. The van der Waals surface area contributed by atoms with E-state index in [-0.39, 0.29) is 30.9 Å². The quantitative estimate of drug-likeness (QED) is 0.874. The van der Waals surface area contributed by atoms with Crippen LogP contribution in [0.2, 0.25) is 0 Å². The van der Waals surface area contributed by atoms with Gasteiger partial charge in [0.1, 0.15) is 11.9 Å². The minimum absolute atomic E-state index is 0.200. The van der Waals surface area contributed by atoms with Crippen LogP contribution in [0.25, 0.3) is 0 Å². The highest BCUT2D eigenvalue weighted by Crippen LogP contribution is 2.21. The fourth-order valence-corrected chi connectivity index (χ4v) is 2.76. The molecule has 1 saturated heterocycles. The highest BCUT2D eigenvalue weighted by Gasteiger charge is 2.26. The molecule has 7 nitrogen and oxygen atoms in total. The molecular formula is C17H21FN4O3. The molecule has 1 fully saturated rings. The molecule has 1 aromatic carbocycles. The molecule has 0 aliphatic carbocycles. The zero-order chi connectivity index (χ0) is 17.8. The van der Waals surface area contributed by atoms with Gasteiger partial charge in [-0.2, -0.15) is 5.10 Å². The summed E-state index contributed by atoms with van der Waals surface area (Å²) in [5.41, 5.74) is 1.81. The molecule has 2 N–H and O–H groups in total. The van der Waals surface area contributed by atoms with Crippen LogP contribution in [0.4, 0.5) is 9.18 Å². The van der Waals surface area contributed by atoms with Gasteiger partial charge in [0.25, 0.3) is 0 Å². The van der Waals surface area contributed by atoms with Crippen LogP contribution in [0.1, 0.15) is 22.8 Å². The summed E-state index contributed by atoms with van der Waals surface area (Å²) in [7, 11) is 1.83. The number of aliphatic hydroxyl groups excluding tert-OH is 1. The number of rotatable bonds is 4. The van der Waals surface area contributed by atoms with Gasteiger partial charge in [0.15, 0.2) is 0 Å². The SMILES string of the molecule is Cn1cc(C2CN(C(=O)NCc3ccc(CO)c(F)c3)CCO2)cn1. The Hall–Kier alpha value is -2.45. The summed E-state index contributed by atoms with van der Waals surface area (Å²) >= 11 is 0. The van der Waals surface area contributed by atoms with Gasteiger partial charge in [-0.05, 0) is 11.6 Å². The summed E-state index contributed by atoms with van der Waals surface area (Å²) in [5.74, 6) is -0.475. The smallest absolute Gasteiger partial charge is 0.317 e. The van der Waals surface area contributed by atoms with E-state index < -0.39 is 5.82 Å². The van der Waals surface area contributed by atoms with Crippen LogP contribution in [0.15, 0.2) is 30.6 Å². The number of aliphatic hydroxyl groups is 1. The van der Waals surface area contributed by atoms with Gasteiger partial charge in [0, 0.05) is 37.5 Å². The lowest BCUT2D eigenvalue weighted by molar-refractivity contribution is -0.0155. The highest BCUT2D eigenvalue weighted by molar-refractivity contribution is 5.74. The Morgan fingerprint density at radius 2 is 2.36 bits per heavy atom. The first-order valence-electron chi connectivity index (χ1n) is 8.08. The third-order valence-electron chi connectivity index (χ3n) is 4.18. The van der Waals surface area contributed by atoms with Gasteiger partial charge in [-0.1, -0.05) is 12.1 Å². The van der Waals surface area contributed by atoms with E-state index in [0.717, 1.165) is 5.56 Å². The molecule has 2 heterocycles. The molecule has 1 aliphatic rings. The van der Waals surface area contributed by atoms with Crippen molar-refractivity contribution in [3.63, 3.8) is 0 Å². The third-order valence-corrected chi connectivity index (χ3v) is 4.18. The lowest BCUT2D eigenvalue weighted by Crippen LogP contribution is -2.46. The largest absolute Gasteiger partial charge is 0.392 e. The van der Waals surface area contributed by atoms with Crippen molar-refractivity contribution in [1.82, 2.24) is 20.0 Å². The topological polar surface area (TPSA) is 79.6 Å². The normalized spacial score (nSPS) is 17.6. The van der Waals surface area contributed by atoms with Crippen molar-refractivity contribution in [2.24, 2.45) is 7.05 Å². The van der Waals surface area contributed by atoms with E-state index >= 15 is 0 Å². The number of hydrogen-bond acceptors (Lipinski definition) is 4. The maximum atomic E-state index is 13.7. The molecule has 0 bridgehead atoms. The molecule has 1 aliphatic heterocycles. The number of urea groups is 1. The Balaban J connectivity index is 1.56. The van der Waals surface area contributed by atoms with Crippen LogP contribution in [0.5, 0.6) is 0 Å². The van der Waals surface area contributed by atoms with Crippen LogP contribution in [-0.4, -0.2) is 45.5 Å². The first-order chi connectivity index (χ1) is 12.1. The minimum atomic E-state index is -0.475. The lowest BCUT2D eigenvalue weighted by Gasteiger charge is -2.32. The first-order valence-corrected chi connectivity index (χ1v) is 8.08. The second kappa shape index (κ2) is 7.62. The fraction of sp³-hybridized carbons (Fsp3) is 0.412. The van der Waals surface area contributed by atoms with E-state index in [2.05, 4.69) is 10.4 Å². The van der Waals surface area contributed by atoms with Crippen molar-refractivity contribution >= 4 is 6.03 Å². The Kier molecular flexibility index (Phi) is 5.30. The minimum Gasteiger partial charge on any atom is -0.392 e. The van der Waals surface area contributed by atoms with Crippen LogP contribution in [0.3, 0.4) is 0 Å². The van der Waals surface area contributed by atoms with Crippen molar-refractivity contribution in [1.29, 1.82) is 0 Å². The molecule has 2 amide bonds. The van der Waals surface area contributed by atoms with Crippen LogP contribution in [-0.2, 0) is 24.9 Å². The number of carbonyl (C=O) groups excluding carboxylic acids is 1. The number of benzene rings is 1. The summed E-state index contributed by atoms with van der Waals surface area (Å²) in [6.07, 6.45) is 3.41. The van der Waals surface area contributed by atoms with E-state index in [1.165, 1.54) is 12.1 Å². The van der Waals surface area contributed by atoms with Gasteiger partial charge in [0.2, 0.25) is 0 Å². The summed E-state index contributed by atoms with van der Waals surface area (Å²) in [6.45, 7) is 1.26. The molecule has 1 atom stereocenters. The summed E-state index contributed by atoms with van der Waals surface area (Å²) < 4.78 is 21.1. The summed E-state index contributed by atoms with van der Waals surface area (Å²) in [4.78, 5) is 14.0. The Labute approximate surface area is 145 Å². The van der Waals surface area contributed by atoms with E-state index in [1.807, 2.05) is 13.2 Å². The summed E-state index contributed by atoms with van der Waals surface area (Å²) in [6, 6.07) is 4.31. The Morgan fingerprint density at radius 3 is 3.04 bits per heavy atom. The molecule has 0 radical (unpaired) electrons. The molecule has 1 unspecified atom stereocenters. The fourth-order valence-electron chi connectivity index (χ4n) is 2.76. The zero-order valence-electron chi connectivity index (χ0n) is 14.0. The highest BCUT2D eigenvalue weighted by atomic mass is 19.1. The van der Waals surface area contributed by atoms with E-state index in [0.29, 0.717) is 25.3 Å². The predicted molar refractivity (Wildman–Crippen MR) is 88.0 cm³/mol. The zero-order valence-corrected chi connectivity index (χ0v) is 14.0. The number of halogens is 1. The number of ether oxygens (including phenoxy) is 1. The van der Waals surface area contributed by atoms with Gasteiger partial charge >= 0.3 is 6.03 Å². The number of amides is 2. The van der Waals surface area contributed by atoms with Gasteiger partial charge in [-0.15, -0.1) is 0 Å². The number of morpholine rings is 1. The van der Waals surface area contributed by atoms with Crippen LogP contribution >= 0.6 is 0 Å². The molecule has 134 valence electrons. The van der Waals surface area contributed by atoms with Crippen LogP contribution < -0.4 is 5.32 Å². The average molecular weight is 348 g/mol. The van der Waals surface area contributed by atoms with E-state index in [1.54, 1.807) is 21.8 Å². The number of carbonyl (C=O) groups is 1. The predicted octanol–water partition coefficient (Wildman–Crippen LogP) is 1.33. The average Bonchev–Trinajstić information content (AvgIpc) is 3.06. The Bertz CT molecular complexity index is 749.